The Morgan fingerprint density at radius 3 is 2.42 bits per heavy atom. The van der Waals surface area contributed by atoms with Crippen LogP contribution in [0.5, 0.6) is 0 Å². The van der Waals surface area contributed by atoms with Crippen LogP contribution < -0.4 is 0 Å². The number of aliphatic hydroxyl groups is 1. The first kappa shape index (κ1) is 13.9. The summed E-state index contributed by atoms with van der Waals surface area (Å²) in [6.07, 6.45) is -1.54. The minimum atomic E-state index is -4.32. The summed E-state index contributed by atoms with van der Waals surface area (Å²) in [5.41, 5.74) is 0.795. The normalized spacial score (nSPS) is 17.6. The fourth-order valence-electron chi connectivity index (χ4n) is 2.01. The van der Waals surface area contributed by atoms with Crippen molar-refractivity contribution in [3.05, 3.63) is 47.2 Å². The minimum Gasteiger partial charge on any atom is -0.501 e. The summed E-state index contributed by atoms with van der Waals surface area (Å²) >= 11 is 0. The molecule has 1 aromatic rings. The third kappa shape index (κ3) is 3.73. The van der Waals surface area contributed by atoms with Gasteiger partial charge in [0.25, 0.3) is 0 Å². The van der Waals surface area contributed by atoms with Crippen molar-refractivity contribution >= 4 is 0 Å². The van der Waals surface area contributed by atoms with E-state index in [-0.39, 0.29) is 0 Å². The van der Waals surface area contributed by atoms with Gasteiger partial charge in [-0.1, -0.05) is 12.1 Å². The van der Waals surface area contributed by atoms with E-state index in [0.29, 0.717) is 18.6 Å². The van der Waals surface area contributed by atoms with E-state index in [0.717, 1.165) is 30.5 Å². The molecule has 1 aliphatic rings. The highest BCUT2D eigenvalue weighted by molar-refractivity contribution is 5.26. The number of ether oxygens (including phenoxy) is 1. The zero-order chi connectivity index (χ0) is 13.9. The molecule has 1 heterocycles. The smallest absolute Gasteiger partial charge is 0.416 e. The molecule has 0 fully saturated rings. The Labute approximate surface area is 109 Å². The monoisotopic (exact) mass is 272 g/mol. The first-order valence-electron chi connectivity index (χ1n) is 6.11. The number of hydrogen-bond donors (Lipinski definition) is 1. The van der Waals surface area contributed by atoms with Crippen molar-refractivity contribution in [1.29, 1.82) is 0 Å². The summed E-state index contributed by atoms with van der Waals surface area (Å²) < 4.78 is 42.3. The molecular weight excluding hydrogens is 257 g/mol. The number of hydrogen-bond acceptors (Lipinski definition) is 2. The fourth-order valence-corrected chi connectivity index (χ4v) is 2.01. The first-order valence-corrected chi connectivity index (χ1v) is 6.11. The van der Waals surface area contributed by atoms with Crippen LogP contribution in [0.1, 0.15) is 24.0 Å². The molecule has 0 saturated heterocycles. The average molecular weight is 272 g/mol. The van der Waals surface area contributed by atoms with Crippen LogP contribution >= 0.6 is 0 Å². The predicted octanol–water partition coefficient (Wildman–Crippen LogP) is 3.30. The Kier molecular flexibility index (Phi) is 4.14. The van der Waals surface area contributed by atoms with Crippen molar-refractivity contribution in [2.45, 2.75) is 31.5 Å². The zero-order valence-electron chi connectivity index (χ0n) is 10.3. The molecular formula is C14H15F3O2. The molecule has 0 aliphatic carbocycles. The molecule has 1 atom stereocenters. The van der Waals surface area contributed by atoms with Gasteiger partial charge < -0.3 is 9.84 Å². The molecule has 0 amide bonds. The largest absolute Gasteiger partial charge is 0.501 e. The first-order chi connectivity index (χ1) is 8.97. The van der Waals surface area contributed by atoms with Crippen molar-refractivity contribution in [3.63, 3.8) is 0 Å². The molecule has 0 aromatic heterocycles. The Balaban J connectivity index is 2.01. The lowest BCUT2D eigenvalue weighted by Crippen LogP contribution is -2.17. The number of rotatable bonds is 3. The van der Waals surface area contributed by atoms with Gasteiger partial charge in [0.15, 0.2) is 0 Å². The van der Waals surface area contributed by atoms with Gasteiger partial charge >= 0.3 is 6.18 Å². The maximum Gasteiger partial charge on any atom is 0.416 e. The van der Waals surface area contributed by atoms with Crippen molar-refractivity contribution in [3.8, 4) is 0 Å². The van der Waals surface area contributed by atoms with Crippen molar-refractivity contribution < 1.29 is 23.0 Å². The lowest BCUT2D eigenvalue weighted by molar-refractivity contribution is -0.137. The second-order valence-corrected chi connectivity index (χ2v) is 4.58. The van der Waals surface area contributed by atoms with E-state index in [1.807, 2.05) is 0 Å². The molecule has 0 spiro atoms. The molecule has 19 heavy (non-hydrogen) atoms. The Morgan fingerprint density at radius 1 is 1.21 bits per heavy atom. The lowest BCUT2D eigenvalue weighted by atomic mass is 9.97. The van der Waals surface area contributed by atoms with Gasteiger partial charge in [-0.15, -0.1) is 0 Å². The zero-order valence-corrected chi connectivity index (χ0v) is 10.3. The number of aliphatic hydroxyl groups excluding tert-OH is 1. The van der Waals surface area contributed by atoms with Crippen LogP contribution in [0.4, 0.5) is 13.2 Å². The lowest BCUT2D eigenvalue weighted by Gasteiger charge is -2.19. The van der Waals surface area contributed by atoms with Gasteiger partial charge in [-0.25, -0.2) is 0 Å². The van der Waals surface area contributed by atoms with Gasteiger partial charge in [0.05, 0.1) is 24.5 Å². The summed E-state index contributed by atoms with van der Waals surface area (Å²) in [4.78, 5) is 0. The minimum absolute atomic E-state index is 0.299. The van der Waals surface area contributed by atoms with E-state index >= 15 is 0 Å². The van der Waals surface area contributed by atoms with Crippen LogP contribution in [0, 0.1) is 0 Å². The number of benzene rings is 1. The molecule has 0 saturated carbocycles. The van der Waals surface area contributed by atoms with E-state index in [1.54, 1.807) is 6.26 Å². The summed E-state index contributed by atoms with van der Waals surface area (Å²) in [7, 11) is 0. The molecule has 1 aliphatic heterocycles. The van der Waals surface area contributed by atoms with Crippen LogP contribution in [0.3, 0.4) is 0 Å². The van der Waals surface area contributed by atoms with Gasteiger partial charge in [-0.2, -0.15) is 13.2 Å². The third-order valence-corrected chi connectivity index (χ3v) is 3.10. The van der Waals surface area contributed by atoms with Gasteiger partial charge in [0, 0.05) is 6.42 Å². The van der Waals surface area contributed by atoms with Crippen LogP contribution in [0.2, 0.25) is 0 Å². The quantitative estimate of drug-likeness (QED) is 0.914. The van der Waals surface area contributed by atoms with Gasteiger partial charge in [0.1, 0.15) is 0 Å². The Hall–Kier alpha value is -1.49. The predicted molar refractivity (Wildman–Crippen MR) is 64.4 cm³/mol. The highest BCUT2D eigenvalue weighted by Gasteiger charge is 2.30. The number of alkyl halides is 3. The van der Waals surface area contributed by atoms with Crippen molar-refractivity contribution in [1.82, 2.24) is 0 Å². The molecule has 0 bridgehead atoms. The van der Waals surface area contributed by atoms with Gasteiger partial charge in [-0.05, 0) is 36.1 Å². The van der Waals surface area contributed by atoms with Crippen LogP contribution in [0.25, 0.3) is 0 Å². The molecule has 2 rings (SSSR count). The van der Waals surface area contributed by atoms with E-state index in [4.69, 9.17) is 4.74 Å². The maximum absolute atomic E-state index is 12.4. The third-order valence-electron chi connectivity index (χ3n) is 3.10. The van der Waals surface area contributed by atoms with Gasteiger partial charge in [-0.3, -0.25) is 0 Å². The molecule has 1 unspecified atom stereocenters. The average Bonchev–Trinajstić information content (AvgIpc) is 2.39. The van der Waals surface area contributed by atoms with Crippen molar-refractivity contribution in [2.75, 3.05) is 6.61 Å². The summed E-state index contributed by atoms with van der Waals surface area (Å²) in [6, 6.07) is 4.87. The maximum atomic E-state index is 12.4. The van der Waals surface area contributed by atoms with Crippen LogP contribution in [-0.4, -0.2) is 17.8 Å². The van der Waals surface area contributed by atoms with Gasteiger partial charge in [0.2, 0.25) is 0 Å². The van der Waals surface area contributed by atoms with E-state index in [9.17, 15) is 18.3 Å². The van der Waals surface area contributed by atoms with Crippen LogP contribution in [-0.2, 0) is 17.3 Å². The number of halogens is 3. The van der Waals surface area contributed by atoms with E-state index in [2.05, 4.69) is 0 Å². The molecule has 0 radical (unpaired) electrons. The molecule has 2 nitrogen and oxygen atoms in total. The molecule has 5 heteroatoms. The standard InChI is InChI=1S/C14H15F3O2/c15-14(16,17)12-5-3-10(4-6-12)8-13(18)11-2-1-7-19-9-11/h3-6,9,13,18H,1-2,7-8H2. The second kappa shape index (κ2) is 5.65. The summed E-state index contributed by atoms with van der Waals surface area (Å²) in [6.45, 7) is 0.649. The molecule has 1 aromatic carbocycles. The second-order valence-electron chi connectivity index (χ2n) is 4.58. The fraction of sp³-hybridized carbons (Fsp3) is 0.429. The topological polar surface area (TPSA) is 29.5 Å². The highest BCUT2D eigenvalue weighted by atomic mass is 19.4. The summed E-state index contributed by atoms with van der Waals surface area (Å²) in [5, 5.41) is 9.99. The summed E-state index contributed by atoms with van der Waals surface area (Å²) in [5.74, 6) is 0. The molecule has 104 valence electrons. The highest BCUT2D eigenvalue weighted by Crippen LogP contribution is 2.29. The van der Waals surface area contributed by atoms with E-state index in [1.165, 1.54) is 12.1 Å². The molecule has 1 N–H and O–H groups in total. The Bertz CT molecular complexity index is 449. The SMILES string of the molecule is OC(Cc1ccc(C(F)(F)F)cc1)C1=COCCC1. The van der Waals surface area contributed by atoms with Crippen molar-refractivity contribution in [2.24, 2.45) is 0 Å². The van der Waals surface area contributed by atoms with Crippen LogP contribution in [0.15, 0.2) is 36.1 Å². The van der Waals surface area contributed by atoms with E-state index < -0.39 is 17.8 Å². The Morgan fingerprint density at radius 2 is 1.89 bits per heavy atom.